The van der Waals surface area contributed by atoms with Gasteiger partial charge in [0.25, 0.3) is 5.91 Å². The van der Waals surface area contributed by atoms with Gasteiger partial charge in [0.2, 0.25) is 0 Å². The topological polar surface area (TPSA) is 110 Å². The summed E-state index contributed by atoms with van der Waals surface area (Å²) >= 11 is 0. The van der Waals surface area contributed by atoms with Gasteiger partial charge in [-0.2, -0.15) is 4.99 Å². The SMILES string of the molecule is Cc1ccc(C(=O)N=C(N)N)cc1N(C)c1nc(C)c(C)nc1C. The van der Waals surface area contributed by atoms with Crippen LogP contribution in [0.2, 0.25) is 0 Å². The predicted molar refractivity (Wildman–Crippen MR) is 95.6 cm³/mol. The quantitative estimate of drug-likeness (QED) is 0.658. The number of benzene rings is 1. The minimum atomic E-state index is -0.479. The zero-order valence-electron chi connectivity index (χ0n) is 14.6. The van der Waals surface area contributed by atoms with E-state index in [-0.39, 0.29) is 5.96 Å². The first-order valence-electron chi connectivity index (χ1n) is 7.51. The predicted octanol–water partition coefficient (Wildman–Crippen LogP) is 1.89. The number of nitrogens with zero attached hydrogens (tertiary/aromatic N) is 4. The maximum atomic E-state index is 12.0. The van der Waals surface area contributed by atoms with Crippen molar-refractivity contribution >= 4 is 23.4 Å². The highest BCUT2D eigenvalue weighted by atomic mass is 16.1. The van der Waals surface area contributed by atoms with Crippen LogP contribution >= 0.6 is 0 Å². The van der Waals surface area contributed by atoms with Crippen molar-refractivity contribution in [3.05, 3.63) is 46.4 Å². The van der Waals surface area contributed by atoms with Crippen molar-refractivity contribution in [3.8, 4) is 0 Å². The Bertz CT molecular complexity index is 824. The number of guanidine groups is 1. The largest absolute Gasteiger partial charge is 0.370 e. The number of hydrogen-bond donors (Lipinski definition) is 2. The van der Waals surface area contributed by atoms with Crippen molar-refractivity contribution in [1.82, 2.24) is 9.97 Å². The lowest BCUT2D eigenvalue weighted by Gasteiger charge is -2.23. The fourth-order valence-corrected chi connectivity index (χ4v) is 2.42. The van der Waals surface area contributed by atoms with Gasteiger partial charge in [0.1, 0.15) is 0 Å². The first-order valence-corrected chi connectivity index (χ1v) is 7.51. The van der Waals surface area contributed by atoms with E-state index >= 15 is 0 Å². The average molecular weight is 326 g/mol. The summed E-state index contributed by atoms with van der Waals surface area (Å²) < 4.78 is 0. The minimum Gasteiger partial charge on any atom is -0.370 e. The summed E-state index contributed by atoms with van der Waals surface area (Å²) in [6.45, 7) is 7.73. The van der Waals surface area contributed by atoms with Crippen molar-refractivity contribution in [2.75, 3.05) is 11.9 Å². The number of nitrogens with two attached hydrogens (primary N) is 2. The molecule has 0 aliphatic rings. The second-order valence-electron chi connectivity index (χ2n) is 5.71. The van der Waals surface area contributed by atoms with Gasteiger partial charge in [-0.05, 0) is 45.4 Å². The standard InChI is InChI=1S/C17H22N6O/c1-9-6-7-13(16(24)22-17(18)19)8-14(9)23(5)15-12(4)20-10(2)11(3)21-15/h6-8H,1-5H3,(H4,18,19,22,24). The number of aryl methyl sites for hydroxylation is 4. The Morgan fingerprint density at radius 1 is 1.04 bits per heavy atom. The molecule has 7 nitrogen and oxygen atoms in total. The van der Waals surface area contributed by atoms with E-state index in [4.69, 9.17) is 11.5 Å². The van der Waals surface area contributed by atoms with Crippen LogP contribution < -0.4 is 16.4 Å². The summed E-state index contributed by atoms with van der Waals surface area (Å²) in [4.78, 5) is 26.7. The van der Waals surface area contributed by atoms with Crippen LogP contribution in [0, 0.1) is 27.7 Å². The number of amides is 1. The Kier molecular flexibility index (Phi) is 4.82. The molecule has 126 valence electrons. The van der Waals surface area contributed by atoms with Gasteiger partial charge in [-0.15, -0.1) is 0 Å². The molecule has 0 aliphatic heterocycles. The van der Waals surface area contributed by atoms with Crippen LogP contribution in [-0.2, 0) is 0 Å². The summed E-state index contributed by atoms with van der Waals surface area (Å²) in [5, 5.41) is 0. The zero-order valence-corrected chi connectivity index (χ0v) is 14.6. The van der Waals surface area contributed by atoms with E-state index in [1.54, 1.807) is 12.1 Å². The van der Waals surface area contributed by atoms with Gasteiger partial charge in [0, 0.05) is 18.3 Å². The first kappa shape index (κ1) is 17.4. The summed E-state index contributed by atoms with van der Waals surface area (Å²) in [6, 6.07) is 5.30. The second kappa shape index (κ2) is 6.66. The number of rotatable bonds is 3. The molecule has 7 heteroatoms. The fraction of sp³-hybridized carbons (Fsp3) is 0.294. The average Bonchev–Trinajstić information content (AvgIpc) is 2.50. The number of aliphatic imine (C=N–C) groups is 1. The van der Waals surface area contributed by atoms with E-state index in [9.17, 15) is 4.79 Å². The van der Waals surface area contributed by atoms with E-state index in [1.165, 1.54) is 0 Å². The monoisotopic (exact) mass is 326 g/mol. The van der Waals surface area contributed by atoms with E-state index in [0.29, 0.717) is 5.56 Å². The van der Waals surface area contributed by atoms with Crippen molar-refractivity contribution < 1.29 is 4.79 Å². The third-order valence-corrected chi connectivity index (χ3v) is 3.82. The third-order valence-electron chi connectivity index (χ3n) is 3.82. The maximum absolute atomic E-state index is 12.0. The fourth-order valence-electron chi connectivity index (χ4n) is 2.42. The van der Waals surface area contributed by atoms with E-state index < -0.39 is 5.91 Å². The van der Waals surface area contributed by atoms with Crippen molar-refractivity contribution in [2.24, 2.45) is 16.5 Å². The molecule has 0 unspecified atom stereocenters. The molecule has 0 saturated carbocycles. The van der Waals surface area contributed by atoms with Crippen LogP contribution in [-0.4, -0.2) is 28.9 Å². The Balaban J connectivity index is 2.50. The van der Waals surface area contributed by atoms with Gasteiger partial charge in [-0.25, -0.2) is 4.98 Å². The molecule has 0 atom stereocenters. The van der Waals surface area contributed by atoms with Gasteiger partial charge in [0.05, 0.1) is 17.1 Å². The summed E-state index contributed by atoms with van der Waals surface area (Å²) in [5.41, 5.74) is 15.4. The smallest absolute Gasteiger partial charge is 0.280 e. The molecule has 1 heterocycles. The van der Waals surface area contributed by atoms with Crippen molar-refractivity contribution in [1.29, 1.82) is 0 Å². The molecule has 0 saturated heterocycles. The molecule has 0 radical (unpaired) electrons. The van der Waals surface area contributed by atoms with Crippen LogP contribution in [0.5, 0.6) is 0 Å². The second-order valence-corrected chi connectivity index (χ2v) is 5.71. The molecule has 0 fully saturated rings. The lowest BCUT2D eigenvalue weighted by atomic mass is 10.1. The molecule has 4 N–H and O–H groups in total. The van der Waals surface area contributed by atoms with Crippen molar-refractivity contribution in [2.45, 2.75) is 27.7 Å². The third kappa shape index (κ3) is 3.51. The molecule has 1 aromatic carbocycles. The van der Waals surface area contributed by atoms with Crippen LogP contribution in [0.1, 0.15) is 33.0 Å². The molecule has 1 aromatic heterocycles. The maximum Gasteiger partial charge on any atom is 0.280 e. The lowest BCUT2D eigenvalue weighted by molar-refractivity contribution is 0.100. The van der Waals surface area contributed by atoms with Gasteiger partial charge < -0.3 is 16.4 Å². The first-order chi connectivity index (χ1) is 11.2. The van der Waals surface area contributed by atoms with Gasteiger partial charge in [-0.3, -0.25) is 9.78 Å². The Hall–Kier alpha value is -2.96. The molecule has 0 spiro atoms. The van der Waals surface area contributed by atoms with Crippen LogP contribution in [0.25, 0.3) is 0 Å². The number of hydrogen-bond acceptors (Lipinski definition) is 4. The molecule has 1 amide bonds. The highest BCUT2D eigenvalue weighted by Crippen LogP contribution is 2.28. The van der Waals surface area contributed by atoms with Crippen LogP contribution in [0.3, 0.4) is 0 Å². The minimum absolute atomic E-state index is 0.258. The van der Waals surface area contributed by atoms with Gasteiger partial charge >= 0.3 is 0 Å². The summed E-state index contributed by atoms with van der Waals surface area (Å²) in [5.74, 6) is 0.00605. The van der Waals surface area contributed by atoms with E-state index in [1.807, 2.05) is 45.7 Å². The molecule has 0 bridgehead atoms. The Morgan fingerprint density at radius 3 is 2.29 bits per heavy atom. The Morgan fingerprint density at radius 2 is 1.67 bits per heavy atom. The molecule has 0 aliphatic carbocycles. The van der Waals surface area contributed by atoms with E-state index in [2.05, 4.69) is 15.0 Å². The van der Waals surface area contributed by atoms with Crippen molar-refractivity contribution in [3.63, 3.8) is 0 Å². The molecule has 2 aromatic rings. The normalized spacial score (nSPS) is 10.4. The highest BCUT2D eigenvalue weighted by molar-refractivity contribution is 6.02. The zero-order chi connectivity index (χ0) is 18.0. The number of carbonyl (C=O) groups is 1. The van der Waals surface area contributed by atoms with E-state index in [0.717, 1.165) is 34.2 Å². The van der Waals surface area contributed by atoms with Gasteiger partial charge in [-0.1, -0.05) is 6.07 Å². The summed E-state index contributed by atoms with van der Waals surface area (Å²) in [6.07, 6.45) is 0. The number of carbonyl (C=O) groups excluding carboxylic acids is 1. The summed E-state index contributed by atoms with van der Waals surface area (Å²) in [7, 11) is 1.89. The Labute approximate surface area is 141 Å². The van der Waals surface area contributed by atoms with Crippen LogP contribution in [0.15, 0.2) is 23.2 Å². The molecular weight excluding hydrogens is 304 g/mol. The number of anilines is 2. The molecule has 2 rings (SSSR count). The molecule has 24 heavy (non-hydrogen) atoms. The lowest BCUT2D eigenvalue weighted by Crippen LogP contribution is -2.24. The van der Waals surface area contributed by atoms with Crippen LogP contribution in [0.4, 0.5) is 11.5 Å². The number of aromatic nitrogens is 2. The molecular formula is C17H22N6O. The van der Waals surface area contributed by atoms with Gasteiger partial charge in [0.15, 0.2) is 11.8 Å². The highest BCUT2D eigenvalue weighted by Gasteiger charge is 2.16.